The third-order valence-electron chi connectivity index (χ3n) is 2.12. The van der Waals surface area contributed by atoms with Gasteiger partial charge in [-0.1, -0.05) is 8.25 Å². The molecule has 1 fully saturated rings. The quantitative estimate of drug-likeness (QED) is 0.267. The molecule has 0 aromatic carbocycles. The lowest BCUT2D eigenvalue weighted by Crippen LogP contribution is -2.59. The summed E-state index contributed by atoms with van der Waals surface area (Å²) in [5.41, 5.74) is 0. The molecule has 16 nitrogen and oxygen atoms in total. The predicted molar refractivity (Wildman–Crippen MR) is 98.1 cm³/mol. The van der Waals surface area contributed by atoms with Crippen molar-refractivity contribution >= 4 is 72.3 Å². The first kappa shape index (κ1) is 29.0. The highest BCUT2D eigenvalue weighted by Crippen LogP contribution is 2.11. The van der Waals surface area contributed by atoms with Gasteiger partial charge in [0.25, 0.3) is 0 Å². The Labute approximate surface area is 171 Å². The molecule has 0 saturated carbocycles. The summed E-state index contributed by atoms with van der Waals surface area (Å²) in [6.07, 6.45) is 0. The lowest BCUT2D eigenvalue weighted by atomic mass is 10.9. The third-order valence-corrected chi connectivity index (χ3v) is 8.29. The van der Waals surface area contributed by atoms with Crippen molar-refractivity contribution in [2.24, 2.45) is 0 Å². The molecule has 1 heterocycles. The van der Waals surface area contributed by atoms with E-state index in [9.17, 15) is 43.3 Å². The van der Waals surface area contributed by atoms with E-state index < -0.39 is 44.9 Å². The van der Waals surface area contributed by atoms with Crippen LogP contribution < -0.4 is 18.9 Å². The summed E-state index contributed by atoms with van der Waals surface area (Å²) in [4.78, 5) is 21.0. The maximum absolute atomic E-state index is 11.0. The minimum atomic E-state index is -4.28. The minimum Gasteiger partial charge on any atom is -0.341 e. The molecule has 1 aliphatic rings. The van der Waals surface area contributed by atoms with Crippen molar-refractivity contribution in [1.29, 1.82) is 0 Å². The topological polar surface area (TPSA) is 225 Å². The molecule has 0 aromatic heterocycles. The van der Waals surface area contributed by atoms with Crippen LogP contribution in [-0.4, -0.2) is 82.5 Å². The van der Waals surface area contributed by atoms with E-state index >= 15 is 0 Å². The number of hydrogen-bond acceptors (Lipinski definition) is 10. The van der Waals surface area contributed by atoms with Gasteiger partial charge < -0.3 is 10.6 Å². The van der Waals surface area contributed by atoms with Crippen LogP contribution in [0.3, 0.4) is 0 Å². The summed E-state index contributed by atoms with van der Waals surface area (Å²) in [5.74, 6) is 0. The van der Waals surface area contributed by atoms with Crippen LogP contribution in [0.4, 0.5) is 9.59 Å². The molecule has 1 aliphatic heterocycles. The zero-order valence-corrected chi connectivity index (χ0v) is 19.1. The second-order valence-electron chi connectivity index (χ2n) is 4.10. The Balaban J connectivity index is 0. The molecule has 22 heteroatoms. The number of carbonyl (C=O) groups excluding carboxylic acids is 2. The van der Waals surface area contributed by atoms with Gasteiger partial charge in [-0.25, -0.2) is 18.2 Å². The fourth-order valence-corrected chi connectivity index (χ4v) is 6.29. The standard InChI is InChI=1S/C3H7N3O5S2.C3H8N2O.Cl2HNO4S2/c1-5-3(7)6(2)13(10,11)4-12(5,8)9;1-4-3(6)5-2;1-8(4,5)3-9(2,6)7/h4H,1-2H3;1-2H3,(H2,4,5,6);3H. The molecule has 1 saturated heterocycles. The number of halogens is 2. The van der Waals surface area contributed by atoms with Crippen molar-refractivity contribution < 1.29 is 43.3 Å². The second-order valence-corrected chi connectivity index (χ2v) is 12.6. The van der Waals surface area contributed by atoms with E-state index in [0.717, 1.165) is 18.2 Å². The van der Waals surface area contributed by atoms with Crippen molar-refractivity contribution in [2.75, 3.05) is 28.2 Å². The van der Waals surface area contributed by atoms with E-state index in [2.05, 4.69) is 32.0 Å². The summed E-state index contributed by atoms with van der Waals surface area (Å²) in [5, 5.41) is 4.73. The summed E-state index contributed by atoms with van der Waals surface area (Å²) in [6.45, 7) is 0. The highest BCUT2D eigenvalue weighted by molar-refractivity contribution is 8.25. The molecule has 0 atom stereocenters. The Morgan fingerprint density at radius 1 is 0.893 bits per heavy atom. The lowest BCUT2D eigenvalue weighted by molar-refractivity contribution is 0.212. The van der Waals surface area contributed by atoms with Crippen LogP contribution in [0.1, 0.15) is 0 Å². The van der Waals surface area contributed by atoms with Crippen LogP contribution in [0, 0.1) is 0 Å². The molecule has 168 valence electrons. The van der Waals surface area contributed by atoms with Crippen LogP contribution >= 0.6 is 21.4 Å². The molecule has 0 spiro atoms. The lowest BCUT2D eigenvalue weighted by Gasteiger charge is -2.29. The zero-order chi connectivity index (χ0) is 23.1. The molecule has 0 aliphatic carbocycles. The Morgan fingerprint density at radius 2 is 1.18 bits per heavy atom. The third kappa shape index (κ3) is 11.6. The molecule has 0 radical (unpaired) electrons. The average Bonchev–Trinajstić information content (AvgIpc) is 2.47. The second kappa shape index (κ2) is 10.6. The van der Waals surface area contributed by atoms with Gasteiger partial charge in [0.05, 0.1) is 0 Å². The maximum atomic E-state index is 11.0. The smallest absolute Gasteiger partial charge is 0.341 e. The number of rotatable bonds is 2. The summed E-state index contributed by atoms with van der Waals surface area (Å²) in [6, 6.07) is -1.28. The number of carbonyl (C=O) groups is 2. The van der Waals surface area contributed by atoms with Crippen LogP contribution in [0.5, 0.6) is 0 Å². The molecular formula is C6H16Cl2N6O10S4. The molecule has 0 unspecified atom stereocenters. The van der Waals surface area contributed by atoms with E-state index in [1.54, 1.807) is 14.1 Å². The number of amides is 4. The molecule has 0 aromatic rings. The van der Waals surface area contributed by atoms with E-state index in [-0.39, 0.29) is 6.03 Å². The normalized spacial score (nSPS) is 18.0. The van der Waals surface area contributed by atoms with E-state index in [1.807, 2.05) is 0 Å². The SMILES string of the molecule is CN1C(=O)N(C)S(=O)(=O)NS1(=O)=O.CNC(=O)NC.O=S(=O)(Cl)NS(=O)(=O)Cl. The Kier molecular flexibility index (Phi) is 11.0. The summed E-state index contributed by atoms with van der Waals surface area (Å²) in [7, 11) is -3.18. The van der Waals surface area contributed by atoms with E-state index in [4.69, 9.17) is 0 Å². The molecule has 4 amide bonds. The fraction of sp³-hybridized carbons (Fsp3) is 0.667. The molecule has 0 bridgehead atoms. The molecule has 4 N–H and O–H groups in total. The Hall–Kier alpha value is -1.16. The van der Waals surface area contributed by atoms with Crippen LogP contribution in [0.25, 0.3) is 0 Å². The van der Waals surface area contributed by atoms with Crippen LogP contribution in [-0.2, 0) is 38.9 Å². The number of urea groups is 2. The highest BCUT2D eigenvalue weighted by Gasteiger charge is 2.41. The van der Waals surface area contributed by atoms with Crippen molar-refractivity contribution in [3.63, 3.8) is 0 Å². The van der Waals surface area contributed by atoms with Crippen LogP contribution in [0.2, 0.25) is 0 Å². The fourth-order valence-electron chi connectivity index (χ4n) is 0.893. The van der Waals surface area contributed by atoms with Gasteiger partial charge in [-0.3, -0.25) is 0 Å². The Bertz CT molecular complexity index is 915. The monoisotopic (exact) mass is 530 g/mol. The predicted octanol–water partition coefficient (Wildman–Crippen LogP) is -2.85. The Morgan fingerprint density at radius 3 is 1.32 bits per heavy atom. The van der Waals surface area contributed by atoms with Gasteiger partial charge >= 0.3 is 51.0 Å². The van der Waals surface area contributed by atoms with Crippen molar-refractivity contribution in [3.8, 4) is 0 Å². The number of nitrogens with zero attached hydrogens (tertiary/aromatic N) is 2. The number of hydrogen-bond donors (Lipinski definition) is 4. The van der Waals surface area contributed by atoms with Gasteiger partial charge in [-0.2, -0.15) is 33.7 Å². The largest absolute Gasteiger partial charge is 0.348 e. The van der Waals surface area contributed by atoms with Crippen molar-refractivity contribution in [3.05, 3.63) is 0 Å². The molecule has 28 heavy (non-hydrogen) atoms. The van der Waals surface area contributed by atoms with Gasteiger partial charge in [-0.05, 0) is 0 Å². The van der Waals surface area contributed by atoms with Crippen molar-refractivity contribution in [2.45, 2.75) is 0 Å². The first-order valence-electron chi connectivity index (χ1n) is 6.07. The van der Waals surface area contributed by atoms with E-state index in [0.29, 0.717) is 8.61 Å². The number of nitrogens with one attached hydrogen (secondary N) is 4. The first-order valence-corrected chi connectivity index (χ1v) is 13.6. The highest BCUT2D eigenvalue weighted by atomic mass is 35.7. The first-order chi connectivity index (χ1) is 12.2. The van der Waals surface area contributed by atoms with Gasteiger partial charge in [-0.15, -0.1) is 0 Å². The minimum absolute atomic E-state index is 0.157. The summed E-state index contributed by atoms with van der Waals surface area (Å²) < 4.78 is 86.0. The van der Waals surface area contributed by atoms with Crippen molar-refractivity contribution in [1.82, 2.24) is 27.5 Å². The van der Waals surface area contributed by atoms with E-state index in [1.165, 1.54) is 4.13 Å². The van der Waals surface area contributed by atoms with Crippen LogP contribution in [0.15, 0.2) is 0 Å². The van der Waals surface area contributed by atoms with Gasteiger partial charge in [0, 0.05) is 49.6 Å². The summed E-state index contributed by atoms with van der Waals surface area (Å²) >= 11 is 0. The van der Waals surface area contributed by atoms with Gasteiger partial charge in [0.2, 0.25) is 0 Å². The average molecular weight is 531 g/mol. The molecule has 1 rings (SSSR count). The van der Waals surface area contributed by atoms with Gasteiger partial charge in [0.15, 0.2) is 0 Å². The zero-order valence-electron chi connectivity index (χ0n) is 14.4. The molecular weight excluding hydrogens is 515 g/mol. The maximum Gasteiger partial charge on any atom is 0.348 e. The van der Waals surface area contributed by atoms with Gasteiger partial charge in [0.1, 0.15) is 0 Å².